The maximum absolute atomic E-state index is 10.3. The molecule has 0 unspecified atom stereocenters. The van der Waals surface area contributed by atoms with Crippen LogP contribution in [0.4, 0.5) is 0 Å². The van der Waals surface area contributed by atoms with Crippen LogP contribution in [0, 0.1) is 0 Å². The van der Waals surface area contributed by atoms with E-state index in [2.05, 4.69) is 24.8 Å². The van der Waals surface area contributed by atoms with Crippen LogP contribution in [0.25, 0.3) is 0 Å². The van der Waals surface area contributed by atoms with Crippen molar-refractivity contribution in [1.29, 1.82) is 0 Å². The van der Waals surface area contributed by atoms with Gasteiger partial charge in [0.1, 0.15) is 4.32 Å². The van der Waals surface area contributed by atoms with Gasteiger partial charge in [-0.15, -0.1) is 12.6 Å². The molecule has 0 aromatic rings. The minimum Gasteiger partial charge on any atom is -0.385 e. The SMILES string of the molecule is NC(=S)S.O=C1C=CC(=O)C=C1. The smallest absolute Gasteiger partial charge is 0.178 e. The summed E-state index contributed by atoms with van der Waals surface area (Å²) < 4.78 is 0.194. The number of nitrogens with two attached hydrogens (primary N) is 1. The fraction of sp³-hybridized carbons (Fsp3) is 0. The lowest BCUT2D eigenvalue weighted by molar-refractivity contribution is -0.113. The first-order valence-electron chi connectivity index (χ1n) is 2.95. The number of ketones is 2. The summed E-state index contributed by atoms with van der Waals surface area (Å²) >= 11 is 7.65. The van der Waals surface area contributed by atoms with Gasteiger partial charge in [0.25, 0.3) is 0 Å². The van der Waals surface area contributed by atoms with Crippen molar-refractivity contribution in [2.45, 2.75) is 0 Å². The zero-order valence-corrected chi connectivity index (χ0v) is 7.77. The number of thiol groups is 1. The number of carbonyl (C=O) groups is 2. The molecule has 2 N–H and O–H groups in total. The van der Waals surface area contributed by atoms with Gasteiger partial charge in [-0.3, -0.25) is 9.59 Å². The molecule has 3 nitrogen and oxygen atoms in total. The monoisotopic (exact) mass is 201 g/mol. The highest BCUT2D eigenvalue weighted by Gasteiger charge is 1.97. The Labute approximate surface area is 80.7 Å². The van der Waals surface area contributed by atoms with Crippen molar-refractivity contribution in [2.75, 3.05) is 0 Å². The van der Waals surface area contributed by atoms with Crippen molar-refractivity contribution in [3.05, 3.63) is 24.3 Å². The summed E-state index contributed by atoms with van der Waals surface area (Å²) in [6.45, 7) is 0. The van der Waals surface area contributed by atoms with Crippen LogP contribution in [0.1, 0.15) is 0 Å². The molecule has 1 aliphatic carbocycles. The third-order valence-corrected chi connectivity index (χ3v) is 0.824. The van der Waals surface area contributed by atoms with E-state index in [0.717, 1.165) is 0 Å². The Kier molecular flexibility index (Phi) is 5.23. The normalized spacial score (nSPS) is 13.8. The molecule has 0 fully saturated rings. The average Bonchev–Trinajstić information content (AvgIpc) is 1.94. The number of hydrogen-bond donors (Lipinski definition) is 2. The lowest BCUT2D eigenvalue weighted by Gasteiger charge is -1.87. The van der Waals surface area contributed by atoms with Crippen LogP contribution < -0.4 is 5.73 Å². The number of thiocarbonyl (C=S) groups is 1. The molecule has 0 bridgehead atoms. The Morgan fingerprint density at radius 2 is 1.33 bits per heavy atom. The van der Waals surface area contributed by atoms with E-state index in [1.807, 2.05) is 0 Å². The molecule has 1 aliphatic rings. The van der Waals surface area contributed by atoms with E-state index in [1.165, 1.54) is 24.3 Å². The van der Waals surface area contributed by atoms with Gasteiger partial charge in [0.2, 0.25) is 0 Å². The van der Waals surface area contributed by atoms with Gasteiger partial charge in [-0.05, 0) is 24.3 Å². The second-order valence-corrected chi connectivity index (χ2v) is 3.03. The summed E-state index contributed by atoms with van der Waals surface area (Å²) in [6.07, 6.45) is 5.01. The molecular weight excluding hydrogens is 194 g/mol. The molecule has 0 saturated heterocycles. The predicted molar refractivity (Wildman–Crippen MR) is 54.1 cm³/mol. The van der Waals surface area contributed by atoms with E-state index in [-0.39, 0.29) is 15.9 Å². The third kappa shape index (κ3) is 7.17. The second-order valence-electron chi connectivity index (χ2n) is 1.81. The highest BCUT2D eigenvalue weighted by Crippen LogP contribution is 1.90. The number of hydrogen-bond acceptors (Lipinski definition) is 3. The Balaban J connectivity index is 0.000000261. The van der Waals surface area contributed by atoms with Crippen LogP contribution in [-0.4, -0.2) is 15.9 Å². The zero-order valence-electron chi connectivity index (χ0n) is 6.06. The summed E-state index contributed by atoms with van der Waals surface area (Å²) in [5.74, 6) is -0.241. The van der Waals surface area contributed by atoms with E-state index in [4.69, 9.17) is 5.73 Å². The van der Waals surface area contributed by atoms with Gasteiger partial charge in [-0.25, -0.2) is 0 Å². The molecular formula is C7H7NO2S2. The van der Waals surface area contributed by atoms with Crippen molar-refractivity contribution >= 4 is 40.7 Å². The molecule has 1 rings (SSSR count). The molecule has 0 aliphatic heterocycles. The zero-order chi connectivity index (χ0) is 9.56. The molecule has 0 saturated carbocycles. The first-order chi connectivity index (χ1) is 5.52. The van der Waals surface area contributed by atoms with E-state index >= 15 is 0 Å². The molecule has 12 heavy (non-hydrogen) atoms. The molecule has 64 valence electrons. The maximum atomic E-state index is 10.3. The van der Waals surface area contributed by atoms with Crippen LogP contribution in [-0.2, 0) is 9.59 Å². The van der Waals surface area contributed by atoms with Gasteiger partial charge >= 0.3 is 0 Å². The third-order valence-electron chi connectivity index (χ3n) is 0.824. The molecule has 0 amide bonds. The van der Waals surface area contributed by atoms with E-state index < -0.39 is 0 Å². The first-order valence-corrected chi connectivity index (χ1v) is 3.80. The molecule has 0 radical (unpaired) electrons. The Hall–Kier alpha value is -0.940. The van der Waals surface area contributed by atoms with Crippen molar-refractivity contribution in [2.24, 2.45) is 5.73 Å². The van der Waals surface area contributed by atoms with Gasteiger partial charge in [-0.2, -0.15) is 0 Å². The highest BCUT2D eigenvalue weighted by atomic mass is 32.1. The molecule has 0 spiro atoms. The average molecular weight is 201 g/mol. The van der Waals surface area contributed by atoms with Gasteiger partial charge < -0.3 is 5.73 Å². The van der Waals surface area contributed by atoms with Crippen LogP contribution in [0.5, 0.6) is 0 Å². The second kappa shape index (κ2) is 5.68. The lowest BCUT2D eigenvalue weighted by atomic mass is 10.2. The van der Waals surface area contributed by atoms with Gasteiger partial charge in [0.15, 0.2) is 11.6 Å². The van der Waals surface area contributed by atoms with Crippen molar-refractivity contribution in [3.8, 4) is 0 Å². The first kappa shape index (κ1) is 11.1. The fourth-order valence-electron chi connectivity index (χ4n) is 0.440. The Morgan fingerprint density at radius 3 is 1.50 bits per heavy atom. The molecule has 5 heteroatoms. The van der Waals surface area contributed by atoms with Gasteiger partial charge in [0, 0.05) is 0 Å². The Morgan fingerprint density at radius 1 is 1.17 bits per heavy atom. The maximum Gasteiger partial charge on any atom is 0.178 e. The van der Waals surface area contributed by atoms with Gasteiger partial charge in [-0.1, -0.05) is 12.2 Å². The van der Waals surface area contributed by atoms with Crippen molar-refractivity contribution in [1.82, 2.24) is 0 Å². The van der Waals surface area contributed by atoms with Crippen LogP contribution >= 0.6 is 24.8 Å². The summed E-state index contributed by atoms with van der Waals surface area (Å²) in [5, 5.41) is 0. The topological polar surface area (TPSA) is 60.2 Å². The largest absolute Gasteiger partial charge is 0.385 e. The number of rotatable bonds is 0. The minimum atomic E-state index is -0.121. The number of allylic oxidation sites excluding steroid dienone is 4. The van der Waals surface area contributed by atoms with Gasteiger partial charge in [0.05, 0.1) is 0 Å². The molecule has 0 aromatic heterocycles. The van der Waals surface area contributed by atoms with E-state index in [0.29, 0.717) is 0 Å². The van der Waals surface area contributed by atoms with Crippen molar-refractivity contribution in [3.63, 3.8) is 0 Å². The molecule has 0 aromatic carbocycles. The lowest BCUT2D eigenvalue weighted by Crippen LogP contribution is -1.97. The van der Waals surface area contributed by atoms with E-state index in [9.17, 15) is 9.59 Å². The summed E-state index contributed by atoms with van der Waals surface area (Å²) in [7, 11) is 0. The minimum absolute atomic E-state index is 0.121. The number of carbonyl (C=O) groups excluding carboxylic acids is 2. The summed E-state index contributed by atoms with van der Waals surface area (Å²) in [5.41, 5.74) is 4.71. The highest BCUT2D eigenvalue weighted by molar-refractivity contribution is 8.10. The molecule has 0 heterocycles. The predicted octanol–water partition coefficient (Wildman–Crippen LogP) is 0.410. The summed E-state index contributed by atoms with van der Waals surface area (Å²) in [6, 6.07) is 0. The summed E-state index contributed by atoms with van der Waals surface area (Å²) in [4.78, 5) is 20.6. The van der Waals surface area contributed by atoms with Crippen LogP contribution in [0.2, 0.25) is 0 Å². The van der Waals surface area contributed by atoms with Crippen molar-refractivity contribution < 1.29 is 9.59 Å². The van der Waals surface area contributed by atoms with Crippen LogP contribution in [0.15, 0.2) is 24.3 Å². The standard InChI is InChI=1S/C6H4O2.CH3NS2/c7-5-1-2-6(8)4-3-5;2-1(3)4/h1-4H;(H3,2,3,4). The van der Waals surface area contributed by atoms with E-state index in [1.54, 1.807) is 0 Å². The van der Waals surface area contributed by atoms with Crippen LogP contribution in [0.3, 0.4) is 0 Å². The quantitative estimate of drug-likeness (QED) is 0.338. The molecule has 0 atom stereocenters. The Bertz CT molecular complexity index is 227. The fourth-order valence-corrected chi connectivity index (χ4v) is 0.440.